The zero-order chi connectivity index (χ0) is 15.5. The van der Waals surface area contributed by atoms with Gasteiger partial charge in [0, 0.05) is 12.1 Å². The Bertz CT molecular complexity index is 714. The maximum absolute atomic E-state index is 11.4. The summed E-state index contributed by atoms with van der Waals surface area (Å²) in [5, 5.41) is 8.37. The molecular weight excluding hydrogens is 290 g/mol. The van der Waals surface area contributed by atoms with Crippen molar-refractivity contribution in [2.75, 3.05) is 12.4 Å². The highest BCUT2D eigenvalue weighted by atomic mass is 32.2. The van der Waals surface area contributed by atoms with E-state index < -0.39 is 10.0 Å². The van der Waals surface area contributed by atoms with E-state index in [0.29, 0.717) is 5.88 Å². The van der Waals surface area contributed by atoms with Crippen molar-refractivity contribution in [3.05, 3.63) is 48.2 Å². The molecule has 112 valence electrons. The predicted molar refractivity (Wildman–Crippen MR) is 80.6 cm³/mol. The molecule has 0 aliphatic rings. The van der Waals surface area contributed by atoms with Crippen LogP contribution in [0.4, 0.5) is 5.69 Å². The molecule has 0 aliphatic heterocycles. The lowest BCUT2D eigenvalue weighted by molar-refractivity contribution is 0.398. The van der Waals surface area contributed by atoms with Gasteiger partial charge >= 0.3 is 0 Å². The van der Waals surface area contributed by atoms with Gasteiger partial charge in [-0.15, -0.1) is 0 Å². The number of hydrogen-bond donors (Lipinski definition) is 2. The first-order valence-electron chi connectivity index (χ1n) is 6.29. The Morgan fingerprint density at radius 1 is 1.29 bits per heavy atom. The molecule has 7 heteroatoms. The van der Waals surface area contributed by atoms with Crippen LogP contribution in [-0.4, -0.2) is 20.5 Å². The van der Waals surface area contributed by atoms with Crippen molar-refractivity contribution in [2.24, 2.45) is 5.14 Å². The van der Waals surface area contributed by atoms with Crippen molar-refractivity contribution in [3.63, 3.8) is 0 Å². The first-order valence-corrected chi connectivity index (χ1v) is 7.84. The molecule has 6 nitrogen and oxygen atoms in total. The molecule has 2 rings (SSSR count). The summed E-state index contributed by atoms with van der Waals surface area (Å²) in [5.74, 6) is 0.532. The van der Waals surface area contributed by atoms with E-state index in [9.17, 15) is 8.42 Å². The van der Waals surface area contributed by atoms with Crippen LogP contribution in [0.2, 0.25) is 0 Å². The normalized spacial score (nSPS) is 12.7. The van der Waals surface area contributed by atoms with Gasteiger partial charge in [0.15, 0.2) is 0 Å². The highest BCUT2D eigenvalue weighted by Gasteiger charge is 2.11. The first kappa shape index (κ1) is 15.3. The number of pyridine rings is 1. The van der Waals surface area contributed by atoms with E-state index >= 15 is 0 Å². The summed E-state index contributed by atoms with van der Waals surface area (Å²) in [6, 6.07) is 10.0. The number of aromatic nitrogens is 1. The van der Waals surface area contributed by atoms with Crippen LogP contribution in [0.5, 0.6) is 5.88 Å². The van der Waals surface area contributed by atoms with Gasteiger partial charge in [0.25, 0.3) is 0 Å². The molecule has 0 aliphatic carbocycles. The molecule has 0 amide bonds. The minimum Gasteiger partial charge on any atom is -0.481 e. The molecule has 1 aromatic heterocycles. The molecule has 2 aromatic rings. The SMILES string of the molecule is COc1ccc(NC(C)c2cccc(S(N)(=O)=O)c2)cn1. The van der Waals surface area contributed by atoms with Crippen LogP contribution in [0, 0.1) is 0 Å². The van der Waals surface area contributed by atoms with Gasteiger partial charge in [-0.05, 0) is 30.7 Å². The number of ether oxygens (including phenoxy) is 1. The van der Waals surface area contributed by atoms with Crippen molar-refractivity contribution in [3.8, 4) is 5.88 Å². The zero-order valence-electron chi connectivity index (χ0n) is 11.8. The molecule has 0 saturated carbocycles. The second kappa shape index (κ2) is 6.11. The van der Waals surface area contributed by atoms with E-state index in [1.165, 1.54) is 6.07 Å². The number of methoxy groups -OCH3 is 1. The van der Waals surface area contributed by atoms with Crippen LogP contribution in [0.15, 0.2) is 47.5 Å². The number of benzene rings is 1. The second-order valence-corrected chi connectivity index (χ2v) is 6.13. The lowest BCUT2D eigenvalue weighted by atomic mass is 10.1. The summed E-state index contributed by atoms with van der Waals surface area (Å²) >= 11 is 0. The molecule has 0 fully saturated rings. The molecular formula is C14H17N3O3S. The van der Waals surface area contributed by atoms with Gasteiger partial charge in [0.1, 0.15) is 0 Å². The number of rotatable bonds is 5. The standard InChI is InChI=1S/C14H17N3O3S/c1-10(17-12-6-7-14(20-2)16-9-12)11-4-3-5-13(8-11)21(15,18)19/h3-10,17H,1-2H3,(H2,15,18,19). The lowest BCUT2D eigenvalue weighted by Gasteiger charge is -2.16. The van der Waals surface area contributed by atoms with Crippen molar-refractivity contribution in [2.45, 2.75) is 17.9 Å². The smallest absolute Gasteiger partial charge is 0.238 e. The van der Waals surface area contributed by atoms with E-state index in [-0.39, 0.29) is 10.9 Å². The molecule has 3 N–H and O–H groups in total. The highest BCUT2D eigenvalue weighted by molar-refractivity contribution is 7.89. The number of nitrogens with two attached hydrogens (primary N) is 1. The zero-order valence-corrected chi connectivity index (χ0v) is 12.6. The molecule has 0 spiro atoms. The minimum absolute atomic E-state index is 0.0955. The molecule has 1 unspecified atom stereocenters. The van der Waals surface area contributed by atoms with Gasteiger partial charge in [0.2, 0.25) is 15.9 Å². The third-order valence-electron chi connectivity index (χ3n) is 3.02. The monoisotopic (exact) mass is 307 g/mol. The van der Waals surface area contributed by atoms with E-state index in [2.05, 4.69) is 10.3 Å². The van der Waals surface area contributed by atoms with Crippen molar-refractivity contribution in [1.82, 2.24) is 4.98 Å². The lowest BCUT2D eigenvalue weighted by Crippen LogP contribution is -2.13. The minimum atomic E-state index is -3.70. The second-order valence-electron chi connectivity index (χ2n) is 4.57. The summed E-state index contributed by atoms with van der Waals surface area (Å²) in [7, 11) is -2.14. The Morgan fingerprint density at radius 3 is 2.62 bits per heavy atom. The molecule has 0 bridgehead atoms. The van der Waals surface area contributed by atoms with Gasteiger partial charge in [0.05, 0.1) is 23.9 Å². The quantitative estimate of drug-likeness (QED) is 0.880. The van der Waals surface area contributed by atoms with Crippen molar-refractivity contribution in [1.29, 1.82) is 0 Å². The van der Waals surface area contributed by atoms with Gasteiger partial charge < -0.3 is 10.1 Å². The Kier molecular flexibility index (Phi) is 4.44. The van der Waals surface area contributed by atoms with Crippen molar-refractivity contribution < 1.29 is 13.2 Å². The Balaban J connectivity index is 2.18. The Labute approximate surface area is 124 Å². The van der Waals surface area contributed by atoms with E-state index in [1.807, 2.05) is 19.1 Å². The summed E-state index contributed by atoms with van der Waals surface area (Å²) in [5.41, 5.74) is 1.63. The third kappa shape index (κ3) is 3.93. The van der Waals surface area contributed by atoms with Gasteiger partial charge in [-0.1, -0.05) is 12.1 Å². The summed E-state index contributed by atoms with van der Waals surface area (Å²) in [4.78, 5) is 4.20. The van der Waals surface area contributed by atoms with Crippen molar-refractivity contribution >= 4 is 15.7 Å². The highest BCUT2D eigenvalue weighted by Crippen LogP contribution is 2.21. The number of sulfonamides is 1. The number of primary sulfonamides is 1. The number of nitrogens with one attached hydrogen (secondary N) is 1. The molecule has 21 heavy (non-hydrogen) atoms. The summed E-state index contributed by atoms with van der Waals surface area (Å²) < 4.78 is 27.7. The van der Waals surface area contributed by atoms with E-state index in [4.69, 9.17) is 9.88 Å². The predicted octanol–water partition coefficient (Wildman–Crippen LogP) is 1.91. The molecule has 1 heterocycles. The summed E-state index contributed by atoms with van der Waals surface area (Å²) in [6.07, 6.45) is 1.65. The fourth-order valence-electron chi connectivity index (χ4n) is 1.88. The van der Waals surface area contributed by atoms with Crippen LogP contribution < -0.4 is 15.2 Å². The molecule has 0 radical (unpaired) electrons. The average molecular weight is 307 g/mol. The fourth-order valence-corrected chi connectivity index (χ4v) is 2.45. The van der Waals surface area contributed by atoms with E-state index in [0.717, 1.165) is 11.3 Å². The van der Waals surface area contributed by atoms with Gasteiger partial charge in [-0.2, -0.15) is 0 Å². The molecule has 1 atom stereocenters. The molecule has 1 aromatic carbocycles. The van der Waals surface area contributed by atoms with Gasteiger partial charge in [-0.3, -0.25) is 0 Å². The van der Waals surface area contributed by atoms with Crippen LogP contribution in [0.1, 0.15) is 18.5 Å². The Morgan fingerprint density at radius 2 is 2.05 bits per heavy atom. The Hall–Kier alpha value is -2.12. The fraction of sp³-hybridized carbons (Fsp3) is 0.214. The van der Waals surface area contributed by atoms with E-state index in [1.54, 1.807) is 31.5 Å². The van der Waals surface area contributed by atoms with Crippen LogP contribution in [0.25, 0.3) is 0 Å². The maximum atomic E-state index is 11.4. The topological polar surface area (TPSA) is 94.3 Å². The van der Waals surface area contributed by atoms with Gasteiger partial charge in [-0.25, -0.2) is 18.5 Å². The number of hydrogen-bond acceptors (Lipinski definition) is 5. The number of nitrogens with zero attached hydrogens (tertiary/aromatic N) is 1. The number of anilines is 1. The molecule has 0 saturated heterocycles. The third-order valence-corrected chi connectivity index (χ3v) is 3.93. The average Bonchev–Trinajstić information content (AvgIpc) is 2.47. The first-order chi connectivity index (χ1) is 9.90. The van der Waals surface area contributed by atoms with Crippen LogP contribution in [-0.2, 0) is 10.0 Å². The van der Waals surface area contributed by atoms with Crippen LogP contribution >= 0.6 is 0 Å². The van der Waals surface area contributed by atoms with Crippen LogP contribution in [0.3, 0.4) is 0 Å². The maximum Gasteiger partial charge on any atom is 0.238 e. The summed E-state index contributed by atoms with van der Waals surface area (Å²) in [6.45, 7) is 1.92. The largest absolute Gasteiger partial charge is 0.481 e.